The monoisotopic (exact) mass is 237 g/mol. The second-order valence-electron chi connectivity index (χ2n) is 3.36. The molecule has 12 heavy (non-hydrogen) atoms. The van der Waals surface area contributed by atoms with E-state index >= 15 is 0 Å². The third-order valence-corrected chi connectivity index (χ3v) is 1.84. The van der Waals surface area contributed by atoms with Crippen molar-refractivity contribution in [2.75, 3.05) is 6.61 Å². The number of hydrogen-bond donors (Lipinski definition) is 2. The summed E-state index contributed by atoms with van der Waals surface area (Å²) >= 11 is 3.25. The van der Waals surface area contributed by atoms with Crippen molar-refractivity contribution in [1.82, 2.24) is 5.32 Å². The molecule has 0 aliphatic heterocycles. The van der Waals surface area contributed by atoms with E-state index in [1.807, 2.05) is 6.92 Å². The van der Waals surface area contributed by atoms with Crippen LogP contribution in [0.15, 0.2) is 0 Å². The Morgan fingerprint density at radius 1 is 1.67 bits per heavy atom. The average Bonchev–Trinajstić information content (AvgIpc) is 1.85. The van der Waals surface area contributed by atoms with E-state index in [0.29, 0.717) is 6.42 Å². The molecule has 0 aromatic rings. The van der Waals surface area contributed by atoms with Crippen LogP contribution in [0.3, 0.4) is 0 Å². The molecule has 0 aliphatic rings. The summed E-state index contributed by atoms with van der Waals surface area (Å²) in [5.74, 6) is -0.0524. The van der Waals surface area contributed by atoms with Crippen molar-refractivity contribution in [2.45, 2.75) is 37.6 Å². The Hall–Kier alpha value is -0.0900. The van der Waals surface area contributed by atoms with E-state index in [-0.39, 0.29) is 18.6 Å². The van der Waals surface area contributed by atoms with Gasteiger partial charge < -0.3 is 10.4 Å². The molecular weight excluding hydrogens is 222 g/mol. The summed E-state index contributed by atoms with van der Waals surface area (Å²) in [6, 6.07) is 0.0272. The van der Waals surface area contributed by atoms with Gasteiger partial charge >= 0.3 is 0 Å². The second-order valence-corrected chi connectivity index (χ2v) is 5.34. The maximum absolute atomic E-state index is 11.3. The number of nitrogens with one attached hydrogen (secondary N) is 1. The lowest BCUT2D eigenvalue weighted by Crippen LogP contribution is -2.42. The van der Waals surface area contributed by atoms with Crippen molar-refractivity contribution >= 4 is 21.8 Å². The zero-order chi connectivity index (χ0) is 9.78. The molecule has 0 saturated carbocycles. The highest BCUT2D eigenvalue weighted by atomic mass is 79.9. The van der Waals surface area contributed by atoms with Gasteiger partial charge in [0, 0.05) is 12.6 Å². The van der Waals surface area contributed by atoms with Crippen LogP contribution in [0, 0.1) is 0 Å². The lowest BCUT2D eigenvalue weighted by Gasteiger charge is -2.19. The van der Waals surface area contributed by atoms with Crippen molar-refractivity contribution in [1.29, 1.82) is 0 Å². The maximum Gasteiger partial charge on any atom is 0.236 e. The number of alkyl halides is 1. The third-order valence-electron chi connectivity index (χ3n) is 1.48. The van der Waals surface area contributed by atoms with Crippen LogP contribution in [-0.2, 0) is 4.79 Å². The van der Waals surface area contributed by atoms with Gasteiger partial charge in [0.05, 0.1) is 4.32 Å². The topological polar surface area (TPSA) is 49.3 Å². The number of carbonyl (C=O) groups excluding carboxylic acids is 1. The van der Waals surface area contributed by atoms with E-state index in [4.69, 9.17) is 5.11 Å². The second kappa shape index (κ2) is 4.82. The largest absolute Gasteiger partial charge is 0.396 e. The molecule has 0 bridgehead atoms. The van der Waals surface area contributed by atoms with E-state index < -0.39 is 4.32 Å². The van der Waals surface area contributed by atoms with Gasteiger partial charge in [-0.15, -0.1) is 0 Å². The van der Waals surface area contributed by atoms with Crippen molar-refractivity contribution in [3.63, 3.8) is 0 Å². The Morgan fingerprint density at radius 2 is 2.17 bits per heavy atom. The molecule has 4 heteroatoms. The van der Waals surface area contributed by atoms with Crippen LogP contribution in [0.5, 0.6) is 0 Å². The minimum absolute atomic E-state index is 0.0272. The van der Waals surface area contributed by atoms with Gasteiger partial charge in [-0.2, -0.15) is 0 Å². The summed E-state index contributed by atoms with van der Waals surface area (Å²) < 4.78 is -0.531. The fourth-order valence-corrected chi connectivity index (χ4v) is 0.776. The van der Waals surface area contributed by atoms with Crippen molar-refractivity contribution < 1.29 is 9.90 Å². The predicted octanol–water partition coefficient (Wildman–Crippen LogP) is 1.05. The molecular formula is C8H16BrNO2. The quantitative estimate of drug-likeness (QED) is 0.719. The van der Waals surface area contributed by atoms with Crippen LogP contribution in [-0.4, -0.2) is 28.0 Å². The molecule has 0 aromatic heterocycles. The Labute approximate surface area is 81.7 Å². The van der Waals surface area contributed by atoms with Gasteiger partial charge in [-0.05, 0) is 27.2 Å². The van der Waals surface area contributed by atoms with E-state index in [1.165, 1.54) is 0 Å². The molecule has 0 aliphatic carbocycles. The third kappa shape index (κ3) is 4.72. The molecule has 0 rings (SSSR count). The first-order valence-corrected chi connectivity index (χ1v) is 4.78. The summed E-state index contributed by atoms with van der Waals surface area (Å²) in [4.78, 5) is 11.3. The minimum atomic E-state index is -0.531. The van der Waals surface area contributed by atoms with Crippen molar-refractivity contribution in [3.05, 3.63) is 0 Å². The van der Waals surface area contributed by atoms with Crippen LogP contribution in [0.25, 0.3) is 0 Å². The molecule has 0 heterocycles. The van der Waals surface area contributed by atoms with Crippen LogP contribution >= 0.6 is 15.9 Å². The minimum Gasteiger partial charge on any atom is -0.396 e. The van der Waals surface area contributed by atoms with Crippen LogP contribution in [0.2, 0.25) is 0 Å². The smallest absolute Gasteiger partial charge is 0.236 e. The highest BCUT2D eigenvalue weighted by molar-refractivity contribution is 9.10. The number of halogens is 1. The van der Waals surface area contributed by atoms with Gasteiger partial charge in [-0.3, -0.25) is 4.79 Å². The molecule has 0 spiro atoms. The van der Waals surface area contributed by atoms with E-state index in [0.717, 1.165) is 0 Å². The molecule has 2 N–H and O–H groups in total. The fraction of sp³-hybridized carbons (Fsp3) is 0.875. The standard InChI is InChI=1S/C8H16BrNO2/c1-6(4-5-11)10-7(12)8(2,3)9/h6,11H,4-5H2,1-3H3,(H,10,12). The highest BCUT2D eigenvalue weighted by Crippen LogP contribution is 2.15. The number of aliphatic hydroxyl groups is 1. The number of aliphatic hydroxyl groups excluding tert-OH is 1. The molecule has 0 radical (unpaired) electrons. The summed E-state index contributed by atoms with van der Waals surface area (Å²) in [7, 11) is 0. The highest BCUT2D eigenvalue weighted by Gasteiger charge is 2.24. The van der Waals surface area contributed by atoms with Crippen molar-refractivity contribution in [3.8, 4) is 0 Å². The van der Waals surface area contributed by atoms with Gasteiger partial charge in [-0.1, -0.05) is 15.9 Å². The van der Waals surface area contributed by atoms with E-state index in [2.05, 4.69) is 21.2 Å². The first kappa shape index (κ1) is 11.9. The molecule has 3 nitrogen and oxygen atoms in total. The average molecular weight is 238 g/mol. The lowest BCUT2D eigenvalue weighted by atomic mass is 10.1. The summed E-state index contributed by atoms with van der Waals surface area (Å²) in [5.41, 5.74) is 0. The Morgan fingerprint density at radius 3 is 2.50 bits per heavy atom. The zero-order valence-electron chi connectivity index (χ0n) is 7.72. The SMILES string of the molecule is CC(CCO)NC(=O)C(C)(C)Br. The summed E-state index contributed by atoms with van der Waals surface area (Å²) in [6.07, 6.45) is 0.592. The molecule has 0 saturated heterocycles. The number of rotatable bonds is 4. The number of carbonyl (C=O) groups is 1. The first-order valence-electron chi connectivity index (χ1n) is 3.98. The van der Waals surface area contributed by atoms with E-state index in [1.54, 1.807) is 13.8 Å². The van der Waals surface area contributed by atoms with E-state index in [9.17, 15) is 4.79 Å². The fourth-order valence-electron chi connectivity index (χ4n) is 0.661. The molecule has 1 atom stereocenters. The van der Waals surface area contributed by atoms with Crippen LogP contribution in [0.1, 0.15) is 27.2 Å². The zero-order valence-corrected chi connectivity index (χ0v) is 9.31. The van der Waals surface area contributed by atoms with Gasteiger partial charge in [0.2, 0.25) is 5.91 Å². The van der Waals surface area contributed by atoms with Gasteiger partial charge in [0.15, 0.2) is 0 Å². The Balaban J connectivity index is 3.85. The van der Waals surface area contributed by atoms with Gasteiger partial charge in [-0.25, -0.2) is 0 Å². The van der Waals surface area contributed by atoms with Crippen LogP contribution in [0.4, 0.5) is 0 Å². The Bertz CT molecular complexity index is 154. The van der Waals surface area contributed by atoms with Crippen molar-refractivity contribution in [2.24, 2.45) is 0 Å². The normalized spacial score (nSPS) is 14.1. The molecule has 1 unspecified atom stereocenters. The molecule has 1 amide bonds. The maximum atomic E-state index is 11.3. The Kier molecular flexibility index (Phi) is 4.78. The number of hydrogen-bond acceptors (Lipinski definition) is 2. The summed E-state index contributed by atoms with van der Waals surface area (Å²) in [6.45, 7) is 5.54. The van der Waals surface area contributed by atoms with Gasteiger partial charge in [0.25, 0.3) is 0 Å². The van der Waals surface area contributed by atoms with Crippen LogP contribution < -0.4 is 5.32 Å². The molecule has 0 aromatic carbocycles. The summed E-state index contributed by atoms with van der Waals surface area (Å²) in [5, 5.41) is 11.4. The lowest BCUT2D eigenvalue weighted by molar-refractivity contribution is -0.123. The molecule has 0 fully saturated rings. The van der Waals surface area contributed by atoms with Gasteiger partial charge in [0.1, 0.15) is 0 Å². The predicted molar refractivity (Wildman–Crippen MR) is 52.3 cm³/mol. The number of amides is 1. The first-order chi connectivity index (χ1) is 5.38. The molecule has 72 valence electrons.